The molecule has 0 saturated heterocycles. The van der Waals surface area contributed by atoms with E-state index in [1.54, 1.807) is 0 Å². The van der Waals surface area contributed by atoms with Crippen molar-refractivity contribution >= 4 is 10.4 Å². The van der Waals surface area contributed by atoms with Crippen LogP contribution in [-0.2, 0) is 34.1 Å². The van der Waals surface area contributed by atoms with Gasteiger partial charge in [0.15, 0.2) is 0 Å². The van der Waals surface area contributed by atoms with E-state index in [0.29, 0.717) is 59.5 Å². The van der Waals surface area contributed by atoms with Crippen molar-refractivity contribution in [1.82, 2.24) is 0 Å². The van der Waals surface area contributed by atoms with Gasteiger partial charge in [0.25, 0.3) is 0 Å². The monoisotopic (exact) mass is 364 g/mol. The Hall–Kier alpha value is -0.370. The number of aliphatic hydroxyl groups is 1. The molecular weight excluding hydrogens is 336 g/mol. The molecule has 0 fully saturated rings. The van der Waals surface area contributed by atoms with Crippen molar-refractivity contribution in [3.8, 4) is 0 Å². The third-order valence-electron chi connectivity index (χ3n) is 1.93. The molecule has 0 aromatic rings. The van der Waals surface area contributed by atoms with Gasteiger partial charge in [0, 0.05) is 6.61 Å². The molecule has 0 aliphatic heterocycles. The number of hydrogen-bond donors (Lipinski definition) is 3. The highest BCUT2D eigenvalue weighted by atomic mass is 32.3. The maximum atomic E-state index is 8.74. The third-order valence-corrected chi connectivity index (χ3v) is 1.93. The first-order chi connectivity index (χ1) is 10.9. The van der Waals surface area contributed by atoms with Crippen molar-refractivity contribution in [3.63, 3.8) is 0 Å². The van der Waals surface area contributed by atoms with Crippen molar-refractivity contribution in [2.24, 2.45) is 0 Å². The van der Waals surface area contributed by atoms with Crippen LogP contribution in [0, 0.1) is 0 Å². The minimum atomic E-state index is -4.67. The van der Waals surface area contributed by atoms with Crippen LogP contribution in [0.4, 0.5) is 0 Å². The number of rotatable bonds is 15. The van der Waals surface area contributed by atoms with Gasteiger partial charge >= 0.3 is 10.4 Å². The second-order valence-electron chi connectivity index (χ2n) is 3.82. The molecule has 3 N–H and O–H groups in total. The van der Waals surface area contributed by atoms with E-state index < -0.39 is 10.4 Å². The summed E-state index contributed by atoms with van der Waals surface area (Å²) in [5.41, 5.74) is 0. The van der Waals surface area contributed by atoms with Gasteiger partial charge in [-0.25, -0.2) is 0 Å². The van der Waals surface area contributed by atoms with E-state index in [9.17, 15) is 0 Å². The SMILES string of the molecule is CCOCCOCCOCCOCCOCCO.O=S(=O)(O)O. The van der Waals surface area contributed by atoms with Crippen molar-refractivity contribution in [1.29, 1.82) is 0 Å². The lowest BCUT2D eigenvalue weighted by atomic mass is 10.7. The zero-order chi connectivity index (χ0) is 17.8. The van der Waals surface area contributed by atoms with E-state index in [4.69, 9.17) is 46.3 Å². The van der Waals surface area contributed by atoms with Gasteiger partial charge in [0.1, 0.15) is 0 Å². The summed E-state index contributed by atoms with van der Waals surface area (Å²) in [5, 5.41) is 8.45. The van der Waals surface area contributed by atoms with Crippen LogP contribution < -0.4 is 0 Å². The standard InChI is InChI=1S/C12H26O6.H2O4S/c1-2-14-5-6-16-9-10-18-12-11-17-8-7-15-4-3-13;1-5(2,3)4/h13H,2-12H2,1H3;(H2,1,2,3,4). The molecule has 11 heteroatoms. The molecule has 0 aliphatic carbocycles. The Bertz CT molecular complexity index is 285. The molecular formula is C12H28O10S. The fourth-order valence-electron chi connectivity index (χ4n) is 1.09. The summed E-state index contributed by atoms with van der Waals surface area (Å²) in [6.07, 6.45) is 0. The number of ether oxygens (including phenoxy) is 5. The Labute approximate surface area is 137 Å². The van der Waals surface area contributed by atoms with E-state index in [2.05, 4.69) is 0 Å². The lowest BCUT2D eigenvalue weighted by molar-refractivity contribution is -0.0125. The molecule has 0 aromatic carbocycles. The van der Waals surface area contributed by atoms with Crippen LogP contribution in [0.1, 0.15) is 6.92 Å². The maximum absolute atomic E-state index is 8.74. The van der Waals surface area contributed by atoms with E-state index in [0.717, 1.165) is 6.61 Å². The molecule has 0 atom stereocenters. The quantitative estimate of drug-likeness (QED) is 0.255. The van der Waals surface area contributed by atoms with Crippen LogP contribution in [0.5, 0.6) is 0 Å². The Kier molecular flexibility index (Phi) is 21.3. The van der Waals surface area contributed by atoms with Crippen LogP contribution in [0.15, 0.2) is 0 Å². The molecule has 0 saturated carbocycles. The fraction of sp³-hybridized carbons (Fsp3) is 1.00. The summed E-state index contributed by atoms with van der Waals surface area (Å²) in [6.45, 7) is 7.58. The van der Waals surface area contributed by atoms with Gasteiger partial charge in [-0.2, -0.15) is 8.42 Å². The summed E-state index contributed by atoms with van der Waals surface area (Å²) in [4.78, 5) is 0. The number of aliphatic hydroxyl groups excluding tert-OH is 1. The second kappa shape index (κ2) is 19.7. The Balaban J connectivity index is 0. The first kappa shape index (κ1) is 24.9. The highest BCUT2D eigenvalue weighted by Gasteiger charge is 1.92. The van der Waals surface area contributed by atoms with Crippen LogP contribution in [-0.4, -0.2) is 95.3 Å². The predicted octanol–water partition coefficient (Wildman–Crippen LogP) is -0.571. The molecule has 142 valence electrons. The van der Waals surface area contributed by atoms with Crippen LogP contribution >= 0.6 is 0 Å². The summed E-state index contributed by atoms with van der Waals surface area (Å²) < 4.78 is 57.5. The highest BCUT2D eigenvalue weighted by molar-refractivity contribution is 7.79. The molecule has 0 rings (SSSR count). The zero-order valence-corrected chi connectivity index (χ0v) is 14.2. The molecule has 0 radical (unpaired) electrons. The first-order valence-corrected chi connectivity index (χ1v) is 8.51. The molecule has 0 bridgehead atoms. The second-order valence-corrected chi connectivity index (χ2v) is 4.71. The average molecular weight is 364 g/mol. The van der Waals surface area contributed by atoms with Gasteiger partial charge < -0.3 is 28.8 Å². The van der Waals surface area contributed by atoms with Gasteiger partial charge in [0.05, 0.1) is 66.1 Å². The maximum Gasteiger partial charge on any atom is 0.394 e. The minimum Gasteiger partial charge on any atom is -0.394 e. The van der Waals surface area contributed by atoms with Gasteiger partial charge in [-0.15, -0.1) is 0 Å². The van der Waals surface area contributed by atoms with E-state index in [-0.39, 0.29) is 6.61 Å². The lowest BCUT2D eigenvalue weighted by Crippen LogP contribution is -2.13. The molecule has 23 heavy (non-hydrogen) atoms. The predicted molar refractivity (Wildman–Crippen MR) is 81.0 cm³/mol. The van der Waals surface area contributed by atoms with Gasteiger partial charge in [0.2, 0.25) is 0 Å². The summed E-state index contributed by atoms with van der Waals surface area (Å²) in [6, 6.07) is 0. The van der Waals surface area contributed by atoms with Crippen molar-refractivity contribution in [3.05, 3.63) is 0 Å². The molecule has 0 spiro atoms. The highest BCUT2D eigenvalue weighted by Crippen LogP contribution is 1.83. The summed E-state index contributed by atoms with van der Waals surface area (Å²) in [5.74, 6) is 0. The van der Waals surface area contributed by atoms with Crippen molar-refractivity contribution in [2.45, 2.75) is 6.92 Å². The molecule has 0 aromatic heterocycles. The Morgan fingerprint density at radius 1 is 0.652 bits per heavy atom. The minimum absolute atomic E-state index is 0.0480. The zero-order valence-electron chi connectivity index (χ0n) is 13.4. The Morgan fingerprint density at radius 3 is 1.17 bits per heavy atom. The smallest absolute Gasteiger partial charge is 0.394 e. The third kappa shape index (κ3) is 38.9. The number of hydrogen-bond acceptors (Lipinski definition) is 8. The van der Waals surface area contributed by atoms with Gasteiger partial charge in [-0.1, -0.05) is 0 Å². The largest absolute Gasteiger partial charge is 0.394 e. The van der Waals surface area contributed by atoms with E-state index in [1.807, 2.05) is 6.92 Å². The summed E-state index contributed by atoms with van der Waals surface area (Å²) >= 11 is 0. The van der Waals surface area contributed by atoms with Crippen LogP contribution in [0.3, 0.4) is 0 Å². The van der Waals surface area contributed by atoms with Crippen LogP contribution in [0.2, 0.25) is 0 Å². The molecule has 0 unspecified atom stereocenters. The topological polar surface area (TPSA) is 141 Å². The van der Waals surface area contributed by atoms with E-state index >= 15 is 0 Å². The molecule has 0 heterocycles. The average Bonchev–Trinajstić information content (AvgIpc) is 2.46. The lowest BCUT2D eigenvalue weighted by Gasteiger charge is -2.07. The molecule has 0 aliphatic rings. The molecule has 0 amide bonds. The Morgan fingerprint density at radius 2 is 0.913 bits per heavy atom. The van der Waals surface area contributed by atoms with Crippen molar-refractivity contribution in [2.75, 3.05) is 72.7 Å². The first-order valence-electron chi connectivity index (χ1n) is 7.11. The normalized spacial score (nSPS) is 11.1. The van der Waals surface area contributed by atoms with Gasteiger partial charge in [-0.05, 0) is 6.92 Å². The van der Waals surface area contributed by atoms with Crippen LogP contribution in [0.25, 0.3) is 0 Å². The van der Waals surface area contributed by atoms with Crippen molar-refractivity contribution < 1.29 is 46.3 Å². The summed E-state index contributed by atoms with van der Waals surface area (Å²) in [7, 11) is -4.67. The molecule has 10 nitrogen and oxygen atoms in total. The fourth-order valence-corrected chi connectivity index (χ4v) is 1.09. The van der Waals surface area contributed by atoms with Gasteiger partial charge in [-0.3, -0.25) is 9.11 Å². The van der Waals surface area contributed by atoms with E-state index in [1.165, 1.54) is 0 Å².